The molecule has 0 spiro atoms. The van der Waals surface area contributed by atoms with Crippen molar-refractivity contribution < 1.29 is 14.3 Å². The van der Waals surface area contributed by atoms with Crippen molar-refractivity contribution >= 4 is 12.0 Å². The third-order valence-electron chi connectivity index (χ3n) is 5.00. The number of rotatable bonds is 4. The Morgan fingerprint density at radius 3 is 2.54 bits per heavy atom. The van der Waals surface area contributed by atoms with E-state index in [2.05, 4.69) is 18.8 Å². The summed E-state index contributed by atoms with van der Waals surface area (Å²) < 4.78 is 6.98. The van der Waals surface area contributed by atoms with Crippen LogP contribution in [0.15, 0.2) is 12.4 Å². The van der Waals surface area contributed by atoms with Crippen molar-refractivity contribution in [2.75, 3.05) is 26.2 Å². The van der Waals surface area contributed by atoms with Crippen LogP contribution < -0.4 is 0 Å². The van der Waals surface area contributed by atoms with Crippen molar-refractivity contribution in [3.8, 4) is 0 Å². The van der Waals surface area contributed by atoms with Crippen LogP contribution in [0.5, 0.6) is 0 Å². The smallest absolute Gasteiger partial charge is 0.410 e. The molecule has 1 aromatic rings. The SMILES string of the molecule is CC(C)c1nccn1[C@H](C)C(=O)N1CCC(N2CCOC2=O)CC1. The second kappa shape index (κ2) is 6.83. The number of amides is 2. The van der Waals surface area contributed by atoms with Crippen LogP contribution in [0.3, 0.4) is 0 Å². The van der Waals surface area contributed by atoms with Crippen LogP contribution in [-0.2, 0) is 9.53 Å². The minimum Gasteiger partial charge on any atom is -0.448 e. The van der Waals surface area contributed by atoms with E-state index in [1.165, 1.54) is 0 Å². The predicted molar refractivity (Wildman–Crippen MR) is 88.7 cm³/mol. The first-order valence-corrected chi connectivity index (χ1v) is 8.74. The van der Waals surface area contributed by atoms with E-state index in [4.69, 9.17) is 4.74 Å². The monoisotopic (exact) mass is 334 g/mol. The number of likely N-dealkylation sites (tertiary alicyclic amines) is 1. The second-order valence-corrected chi connectivity index (χ2v) is 6.89. The van der Waals surface area contributed by atoms with Crippen molar-refractivity contribution in [2.24, 2.45) is 0 Å². The molecule has 2 aliphatic heterocycles. The fourth-order valence-corrected chi connectivity index (χ4v) is 3.62. The van der Waals surface area contributed by atoms with E-state index < -0.39 is 0 Å². The van der Waals surface area contributed by atoms with Gasteiger partial charge in [0.15, 0.2) is 0 Å². The topological polar surface area (TPSA) is 67.7 Å². The fraction of sp³-hybridized carbons (Fsp3) is 0.706. The number of carbonyl (C=O) groups excluding carboxylic acids is 2. The van der Waals surface area contributed by atoms with Gasteiger partial charge in [-0.25, -0.2) is 9.78 Å². The van der Waals surface area contributed by atoms with Crippen LogP contribution in [0.4, 0.5) is 4.79 Å². The van der Waals surface area contributed by atoms with Crippen molar-refractivity contribution in [3.63, 3.8) is 0 Å². The van der Waals surface area contributed by atoms with E-state index in [0.717, 1.165) is 18.7 Å². The average molecular weight is 334 g/mol. The van der Waals surface area contributed by atoms with Crippen molar-refractivity contribution in [3.05, 3.63) is 18.2 Å². The maximum absolute atomic E-state index is 12.8. The molecule has 1 atom stereocenters. The van der Waals surface area contributed by atoms with Gasteiger partial charge in [0.25, 0.3) is 0 Å². The lowest BCUT2D eigenvalue weighted by molar-refractivity contribution is -0.135. The lowest BCUT2D eigenvalue weighted by Gasteiger charge is -2.36. The van der Waals surface area contributed by atoms with Crippen LogP contribution in [0.1, 0.15) is 51.4 Å². The number of piperidine rings is 1. The Kier molecular flexibility index (Phi) is 4.78. The van der Waals surface area contributed by atoms with Crippen LogP contribution in [0.25, 0.3) is 0 Å². The van der Waals surface area contributed by atoms with E-state index in [1.54, 1.807) is 11.1 Å². The Labute approximate surface area is 142 Å². The van der Waals surface area contributed by atoms with E-state index in [1.807, 2.05) is 22.6 Å². The summed E-state index contributed by atoms with van der Waals surface area (Å²) in [7, 11) is 0. The molecule has 0 saturated carbocycles. The molecule has 0 aromatic carbocycles. The Bertz CT molecular complexity index is 605. The molecule has 3 heterocycles. The molecular formula is C17H26N4O3. The van der Waals surface area contributed by atoms with Gasteiger partial charge in [-0.1, -0.05) is 13.8 Å². The highest BCUT2D eigenvalue weighted by molar-refractivity contribution is 5.80. The largest absolute Gasteiger partial charge is 0.448 e. The quantitative estimate of drug-likeness (QED) is 0.845. The maximum atomic E-state index is 12.8. The van der Waals surface area contributed by atoms with Crippen LogP contribution >= 0.6 is 0 Å². The Morgan fingerprint density at radius 2 is 1.96 bits per heavy atom. The lowest BCUT2D eigenvalue weighted by atomic mass is 10.0. The second-order valence-electron chi connectivity index (χ2n) is 6.89. The van der Waals surface area contributed by atoms with Gasteiger partial charge >= 0.3 is 6.09 Å². The van der Waals surface area contributed by atoms with Crippen LogP contribution in [0.2, 0.25) is 0 Å². The van der Waals surface area contributed by atoms with Gasteiger partial charge in [-0.05, 0) is 19.8 Å². The van der Waals surface area contributed by atoms with Gasteiger partial charge in [-0.3, -0.25) is 4.79 Å². The molecule has 0 N–H and O–H groups in total. The van der Waals surface area contributed by atoms with Gasteiger partial charge in [0.1, 0.15) is 18.5 Å². The summed E-state index contributed by atoms with van der Waals surface area (Å²) in [5, 5.41) is 0. The Morgan fingerprint density at radius 1 is 1.25 bits per heavy atom. The van der Waals surface area contributed by atoms with Gasteiger partial charge in [-0.2, -0.15) is 0 Å². The lowest BCUT2D eigenvalue weighted by Crippen LogP contribution is -2.48. The highest BCUT2D eigenvalue weighted by Crippen LogP contribution is 2.23. The summed E-state index contributed by atoms with van der Waals surface area (Å²) in [6, 6.07) is -0.0583. The standard InChI is InChI=1S/C17H26N4O3/c1-12(2)15-18-6-9-20(15)13(3)16(22)19-7-4-14(5-8-19)21-10-11-24-17(21)23/h6,9,12-14H,4-5,7-8,10-11H2,1-3H3/t13-/m1/s1. The molecular weight excluding hydrogens is 308 g/mol. The van der Waals surface area contributed by atoms with Crippen molar-refractivity contribution in [1.82, 2.24) is 19.4 Å². The Balaban J connectivity index is 1.60. The predicted octanol–water partition coefficient (Wildman–Crippen LogP) is 2.01. The average Bonchev–Trinajstić information content (AvgIpc) is 3.22. The maximum Gasteiger partial charge on any atom is 0.410 e. The van der Waals surface area contributed by atoms with Gasteiger partial charge in [0.2, 0.25) is 5.91 Å². The van der Waals surface area contributed by atoms with Crippen LogP contribution in [0, 0.1) is 0 Å². The highest BCUT2D eigenvalue weighted by Gasteiger charge is 2.34. The minimum atomic E-state index is -0.252. The summed E-state index contributed by atoms with van der Waals surface area (Å²) in [6.07, 6.45) is 5.05. The first-order valence-electron chi connectivity index (χ1n) is 8.74. The number of nitrogens with zero attached hydrogens (tertiary/aromatic N) is 4. The zero-order valence-electron chi connectivity index (χ0n) is 14.6. The molecule has 7 heteroatoms. The number of hydrogen-bond donors (Lipinski definition) is 0. The fourth-order valence-electron chi connectivity index (χ4n) is 3.62. The summed E-state index contributed by atoms with van der Waals surface area (Å²) in [6.45, 7) is 8.61. The number of cyclic esters (lactones) is 1. The summed E-state index contributed by atoms with van der Waals surface area (Å²) in [5.41, 5.74) is 0. The van der Waals surface area contributed by atoms with E-state index in [0.29, 0.717) is 26.2 Å². The molecule has 7 nitrogen and oxygen atoms in total. The molecule has 2 saturated heterocycles. The molecule has 2 aliphatic rings. The van der Waals surface area contributed by atoms with E-state index in [9.17, 15) is 9.59 Å². The molecule has 3 rings (SSSR count). The molecule has 132 valence electrons. The van der Waals surface area contributed by atoms with E-state index in [-0.39, 0.29) is 30.0 Å². The van der Waals surface area contributed by atoms with Gasteiger partial charge < -0.3 is 19.1 Å². The van der Waals surface area contributed by atoms with Crippen molar-refractivity contribution in [1.29, 1.82) is 0 Å². The van der Waals surface area contributed by atoms with E-state index >= 15 is 0 Å². The molecule has 0 unspecified atom stereocenters. The summed E-state index contributed by atoms with van der Waals surface area (Å²) in [5.74, 6) is 1.34. The number of ether oxygens (including phenoxy) is 1. The molecule has 2 fully saturated rings. The summed E-state index contributed by atoms with van der Waals surface area (Å²) in [4.78, 5) is 32.6. The van der Waals surface area contributed by atoms with Crippen LogP contribution in [-0.4, -0.2) is 63.6 Å². The Hall–Kier alpha value is -2.05. The van der Waals surface area contributed by atoms with Gasteiger partial charge in [0.05, 0.1) is 6.54 Å². The first kappa shape index (κ1) is 16.8. The molecule has 1 aromatic heterocycles. The zero-order valence-corrected chi connectivity index (χ0v) is 14.6. The zero-order chi connectivity index (χ0) is 17.3. The normalized spacial score (nSPS) is 20.6. The number of hydrogen-bond acceptors (Lipinski definition) is 4. The third kappa shape index (κ3) is 3.12. The minimum absolute atomic E-state index is 0.123. The number of carbonyl (C=O) groups is 2. The third-order valence-corrected chi connectivity index (χ3v) is 5.00. The highest BCUT2D eigenvalue weighted by atomic mass is 16.6. The molecule has 24 heavy (non-hydrogen) atoms. The van der Waals surface area contributed by atoms with Gasteiger partial charge in [-0.15, -0.1) is 0 Å². The molecule has 0 radical (unpaired) electrons. The van der Waals surface area contributed by atoms with Crippen molar-refractivity contribution in [2.45, 2.75) is 51.6 Å². The summed E-state index contributed by atoms with van der Waals surface area (Å²) >= 11 is 0. The number of aromatic nitrogens is 2. The first-order chi connectivity index (χ1) is 11.5. The number of imidazole rings is 1. The molecule has 2 amide bonds. The van der Waals surface area contributed by atoms with Gasteiger partial charge in [0, 0.05) is 37.4 Å². The molecule has 0 aliphatic carbocycles. The molecule has 0 bridgehead atoms.